The summed E-state index contributed by atoms with van der Waals surface area (Å²) in [6.07, 6.45) is 3.54. The molecule has 4 rings (SSSR count). The van der Waals surface area contributed by atoms with Gasteiger partial charge in [-0.15, -0.1) is 0 Å². The van der Waals surface area contributed by atoms with Crippen molar-refractivity contribution in [2.24, 2.45) is 0 Å². The maximum Gasteiger partial charge on any atom is 0.321 e. The first kappa shape index (κ1) is 18.3. The molecule has 1 aliphatic rings. The van der Waals surface area contributed by atoms with Crippen molar-refractivity contribution in [2.75, 3.05) is 36.4 Å². The Morgan fingerprint density at radius 3 is 2.71 bits per heavy atom. The number of hydrogen-bond acceptors (Lipinski definition) is 5. The van der Waals surface area contributed by atoms with E-state index < -0.39 is 0 Å². The van der Waals surface area contributed by atoms with Gasteiger partial charge in [-0.2, -0.15) is 0 Å². The number of benzene rings is 1. The van der Waals surface area contributed by atoms with Crippen LogP contribution in [0.2, 0.25) is 0 Å². The molecule has 2 amide bonds. The molecule has 0 atom stereocenters. The highest BCUT2D eigenvalue weighted by Crippen LogP contribution is 2.24. The third-order valence-electron chi connectivity index (χ3n) is 5.12. The second-order valence-electron chi connectivity index (χ2n) is 7.47. The lowest BCUT2D eigenvalue weighted by molar-refractivity contribution is 0.208. The number of nitrogens with one attached hydrogen (secondary N) is 1. The molecule has 7 heteroatoms. The summed E-state index contributed by atoms with van der Waals surface area (Å²) >= 11 is 0. The molecule has 3 aromatic rings. The monoisotopic (exact) mass is 379 g/mol. The van der Waals surface area contributed by atoms with Crippen molar-refractivity contribution in [2.45, 2.75) is 26.7 Å². The number of anilines is 2. The Morgan fingerprint density at radius 2 is 1.96 bits per heavy atom. The van der Waals surface area contributed by atoms with Crippen LogP contribution in [0.1, 0.15) is 31.0 Å². The summed E-state index contributed by atoms with van der Waals surface area (Å²) in [5.41, 5.74) is 3.70. The van der Waals surface area contributed by atoms with Crippen LogP contribution < -0.4 is 10.2 Å². The molecule has 2 aromatic heterocycles. The molecule has 1 aromatic carbocycles. The van der Waals surface area contributed by atoms with Gasteiger partial charge < -0.3 is 19.5 Å². The number of aryl methyl sites for hydroxylation is 1. The Balaban J connectivity index is 1.38. The van der Waals surface area contributed by atoms with E-state index in [2.05, 4.69) is 34.0 Å². The van der Waals surface area contributed by atoms with E-state index in [-0.39, 0.29) is 6.03 Å². The van der Waals surface area contributed by atoms with Crippen LogP contribution in [0, 0.1) is 6.92 Å². The topological polar surface area (TPSA) is 74.5 Å². The number of furan rings is 1. The van der Waals surface area contributed by atoms with Gasteiger partial charge in [-0.3, -0.25) is 0 Å². The van der Waals surface area contributed by atoms with Crippen LogP contribution in [-0.4, -0.2) is 47.1 Å². The van der Waals surface area contributed by atoms with Gasteiger partial charge in [0.25, 0.3) is 0 Å². The Hall–Kier alpha value is -3.09. The van der Waals surface area contributed by atoms with E-state index in [1.165, 1.54) is 0 Å². The molecule has 28 heavy (non-hydrogen) atoms. The molecule has 7 nitrogen and oxygen atoms in total. The van der Waals surface area contributed by atoms with E-state index in [4.69, 9.17) is 4.42 Å². The number of rotatable bonds is 3. The molecular formula is C21H25N5O2. The Kier molecular flexibility index (Phi) is 4.90. The second-order valence-corrected chi connectivity index (χ2v) is 7.47. The van der Waals surface area contributed by atoms with Crippen LogP contribution in [0.15, 0.2) is 41.1 Å². The zero-order valence-corrected chi connectivity index (χ0v) is 16.5. The van der Waals surface area contributed by atoms with Gasteiger partial charge in [0.2, 0.25) is 5.95 Å². The first-order valence-electron chi connectivity index (χ1n) is 9.63. The van der Waals surface area contributed by atoms with Gasteiger partial charge in [-0.25, -0.2) is 14.8 Å². The van der Waals surface area contributed by atoms with Crippen molar-refractivity contribution in [3.8, 4) is 0 Å². The number of hydrogen-bond donors (Lipinski definition) is 1. The average Bonchev–Trinajstić information content (AvgIpc) is 3.08. The first-order chi connectivity index (χ1) is 13.5. The molecule has 0 radical (unpaired) electrons. The van der Waals surface area contributed by atoms with Crippen LogP contribution in [0.4, 0.5) is 16.4 Å². The third kappa shape index (κ3) is 3.65. The number of aromatic nitrogens is 2. The van der Waals surface area contributed by atoms with E-state index in [0.717, 1.165) is 47.0 Å². The molecule has 0 spiro atoms. The molecule has 146 valence electrons. The number of carbonyl (C=O) groups excluding carboxylic acids is 1. The average molecular weight is 379 g/mol. The van der Waals surface area contributed by atoms with Gasteiger partial charge in [0.05, 0.1) is 6.26 Å². The maximum atomic E-state index is 12.7. The number of nitrogens with zero attached hydrogens (tertiary/aromatic N) is 4. The molecular weight excluding hydrogens is 354 g/mol. The standard InChI is InChI=1S/C21H25N5O2/c1-14(2)18-6-7-22-20(24-18)25-8-10-26(11-9-25)21(27)23-16-4-5-19-17(12-16)15(3)13-28-19/h4-7,12-14H,8-11H2,1-3H3,(H,23,27). The predicted molar refractivity (Wildman–Crippen MR) is 110 cm³/mol. The molecule has 1 N–H and O–H groups in total. The zero-order chi connectivity index (χ0) is 19.7. The fraction of sp³-hybridized carbons (Fsp3) is 0.381. The lowest BCUT2D eigenvalue weighted by atomic mass is 10.1. The van der Waals surface area contributed by atoms with E-state index in [1.54, 1.807) is 6.26 Å². The highest BCUT2D eigenvalue weighted by Gasteiger charge is 2.23. The highest BCUT2D eigenvalue weighted by atomic mass is 16.3. The minimum Gasteiger partial charge on any atom is -0.464 e. The minimum atomic E-state index is -0.0861. The Bertz CT molecular complexity index is 989. The summed E-state index contributed by atoms with van der Waals surface area (Å²) in [6, 6.07) is 7.57. The minimum absolute atomic E-state index is 0.0861. The normalized spacial score (nSPS) is 14.7. The van der Waals surface area contributed by atoms with Gasteiger partial charge in [-0.05, 0) is 42.7 Å². The first-order valence-corrected chi connectivity index (χ1v) is 9.63. The molecule has 1 saturated heterocycles. The van der Waals surface area contributed by atoms with Gasteiger partial charge in [0, 0.05) is 49.1 Å². The molecule has 1 aliphatic heterocycles. The zero-order valence-electron chi connectivity index (χ0n) is 16.5. The number of carbonyl (C=O) groups is 1. The molecule has 0 bridgehead atoms. The van der Waals surface area contributed by atoms with Crippen LogP contribution in [0.3, 0.4) is 0 Å². The maximum absolute atomic E-state index is 12.7. The number of fused-ring (bicyclic) bond motifs is 1. The van der Waals surface area contributed by atoms with Crippen LogP contribution in [0.25, 0.3) is 11.0 Å². The molecule has 1 fully saturated rings. The van der Waals surface area contributed by atoms with Gasteiger partial charge in [0.1, 0.15) is 5.58 Å². The molecule has 0 unspecified atom stereocenters. The SMILES string of the molecule is Cc1coc2ccc(NC(=O)N3CCN(c4nccc(C(C)C)n4)CC3)cc12. The lowest BCUT2D eigenvalue weighted by Gasteiger charge is -2.34. The van der Waals surface area contributed by atoms with Crippen molar-refractivity contribution in [1.82, 2.24) is 14.9 Å². The van der Waals surface area contributed by atoms with E-state index in [9.17, 15) is 4.79 Å². The predicted octanol–water partition coefficient (Wildman–Crippen LogP) is 4.01. The van der Waals surface area contributed by atoms with E-state index in [0.29, 0.717) is 19.0 Å². The fourth-order valence-electron chi connectivity index (χ4n) is 3.38. The summed E-state index contributed by atoms with van der Waals surface area (Å²) < 4.78 is 5.46. The summed E-state index contributed by atoms with van der Waals surface area (Å²) in [4.78, 5) is 25.7. The smallest absolute Gasteiger partial charge is 0.321 e. The van der Waals surface area contributed by atoms with Crippen molar-refractivity contribution >= 4 is 28.6 Å². The second kappa shape index (κ2) is 7.50. The highest BCUT2D eigenvalue weighted by molar-refractivity contribution is 5.93. The van der Waals surface area contributed by atoms with Gasteiger partial charge in [0.15, 0.2) is 0 Å². The van der Waals surface area contributed by atoms with Crippen LogP contribution in [-0.2, 0) is 0 Å². The Labute approximate surface area is 164 Å². The largest absolute Gasteiger partial charge is 0.464 e. The third-order valence-corrected chi connectivity index (χ3v) is 5.12. The number of piperazine rings is 1. The summed E-state index contributed by atoms with van der Waals surface area (Å²) in [7, 11) is 0. The van der Waals surface area contributed by atoms with Crippen LogP contribution >= 0.6 is 0 Å². The van der Waals surface area contributed by atoms with Gasteiger partial charge in [-0.1, -0.05) is 13.8 Å². The van der Waals surface area contributed by atoms with Crippen molar-refractivity contribution in [3.63, 3.8) is 0 Å². The van der Waals surface area contributed by atoms with Gasteiger partial charge >= 0.3 is 6.03 Å². The van der Waals surface area contributed by atoms with Crippen LogP contribution in [0.5, 0.6) is 0 Å². The van der Waals surface area contributed by atoms with Crippen molar-refractivity contribution in [1.29, 1.82) is 0 Å². The summed E-state index contributed by atoms with van der Waals surface area (Å²) in [6.45, 7) is 8.94. The van der Waals surface area contributed by atoms with E-state index in [1.807, 2.05) is 42.3 Å². The quantitative estimate of drug-likeness (QED) is 0.744. The Morgan fingerprint density at radius 1 is 1.18 bits per heavy atom. The summed E-state index contributed by atoms with van der Waals surface area (Å²) in [5.74, 6) is 1.11. The molecule has 0 aliphatic carbocycles. The van der Waals surface area contributed by atoms with E-state index >= 15 is 0 Å². The van der Waals surface area contributed by atoms with Crippen molar-refractivity contribution < 1.29 is 9.21 Å². The molecule has 0 saturated carbocycles. The lowest BCUT2D eigenvalue weighted by Crippen LogP contribution is -2.50. The number of amides is 2. The molecule has 3 heterocycles. The number of urea groups is 1. The van der Waals surface area contributed by atoms with Crippen molar-refractivity contribution in [3.05, 3.63) is 48.0 Å². The summed E-state index contributed by atoms with van der Waals surface area (Å²) in [5, 5.41) is 4.01. The fourth-order valence-corrected chi connectivity index (χ4v) is 3.38.